The van der Waals surface area contributed by atoms with Crippen molar-refractivity contribution in [3.8, 4) is 0 Å². The molecule has 1 rings (SSSR count). The molecule has 0 aromatic heterocycles. The van der Waals surface area contributed by atoms with Crippen molar-refractivity contribution in [2.45, 2.75) is 46.0 Å². The third kappa shape index (κ3) is 3.89. The van der Waals surface area contributed by atoms with E-state index >= 15 is 0 Å². The van der Waals surface area contributed by atoms with Gasteiger partial charge in [-0.25, -0.2) is 9.59 Å². The predicted octanol–water partition coefficient (Wildman–Crippen LogP) is 2.46. The van der Waals surface area contributed by atoms with E-state index in [1.165, 1.54) is 11.0 Å². The molecular weight excluding hydrogens is 302 g/mol. The first-order chi connectivity index (χ1) is 10.0. The lowest BCUT2D eigenvalue weighted by Gasteiger charge is -2.35. The number of aliphatic carboxylic acids is 1. The standard InChI is InChI=1S/C15H27NO5Si/c1-7-8-20-13(19)16-10-11(14(2,3)4)9-15(16,12(17)18)21-22(5)6/h7,11,22H,1,8-10H2,2-6H3,(H,17,18)/t11-,15-/m0/s1. The lowest BCUT2D eigenvalue weighted by atomic mass is 9.79. The summed E-state index contributed by atoms with van der Waals surface area (Å²) >= 11 is 0. The highest BCUT2D eigenvalue weighted by molar-refractivity contribution is 6.48. The third-order valence-corrected chi connectivity index (χ3v) is 4.76. The molecule has 2 atom stereocenters. The van der Waals surface area contributed by atoms with E-state index in [2.05, 4.69) is 6.58 Å². The molecule has 1 aliphatic heterocycles. The fraction of sp³-hybridized carbons (Fsp3) is 0.733. The Labute approximate surface area is 133 Å². The van der Waals surface area contributed by atoms with Gasteiger partial charge in [0.1, 0.15) is 6.61 Å². The van der Waals surface area contributed by atoms with E-state index in [1.807, 2.05) is 33.9 Å². The van der Waals surface area contributed by atoms with Gasteiger partial charge in [-0.3, -0.25) is 4.90 Å². The minimum absolute atomic E-state index is 0.0210. The molecule has 1 fully saturated rings. The van der Waals surface area contributed by atoms with Crippen molar-refractivity contribution in [3.05, 3.63) is 12.7 Å². The van der Waals surface area contributed by atoms with Gasteiger partial charge in [0.05, 0.1) is 0 Å². The molecule has 0 radical (unpaired) electrons. The number of carboxylic acids is 1. The van der Waals surface area contributed by atoms with Gasteiger partial charge in [-0.1, -0.05) is 33.4 Å². The van der Waals surface area contributed by atoms with Crippen molar-refractivity contribution in [1.29, 1.82) is 0 Å². The van der Waals surface area contributed by atoms with E-state index in [1.54, 1.807) is 0 Å². The minimum Gasteiger partial charge on any atom is -0.478 e. The molecule has 7 heteroatoms. The predicted molar refractivity (Wildman–Crippen MR) is 86.1 cm³/mol. The van der Waals surface area contributed by atoms with Crippen LogP contribution in [-0.4, -0.2) is 50.0 Å². The highest BCUT2D eigenvalue weighted by Gasteiger charge is 2.57. The summed E-state index contributed by atoms with van der Waals surface area (Å²) < 4.78 is 10.9. The monoisotopic (exact) mass is 329 g/mol. The number of rotatable bonds is 5. The maximum atomic E-state index is 12.3. The van der Waals surface area contributed by atoms with E-state index < -0.39 is 26.8 Å². The molecule has 1 saturated heterocycles. The second kappa shape index (κ2) is 6.83. The fourth-order valence-electron chi connectivity index (χ4n) is 2.64. The number of hydrogen-bond donors (Lipinski definition) is 1. The molecule has 1 amide bonds. The van der Waals surface area contributed by atoms with Gasteiger partial charge in [0.2, 0.25) is 5.72 Å². The maximum absolute atomic E-state index is 12.3. The zero-order valence-electron chi connectivity index (χ0n) is 14.1. The molecule has 22 heavy (non-hydrogen) atoms. The van der Waals surface area contributed by atoms with Crippen LogP contribution in [0.4, 0.5) is 4.79 Å². The van der Waals surface area contributed by atoms with E-state index in [9.17, 15) is 14.7 Å². The lowest BCUT2D eigenvalue weighted by Crippen LogP contribution is -2.56. The molecule has 1 heterocycles. The fourth-order valence-corrected chi connectivity index (χ4v) is 3.75. The van der Waals surface area contributed by atoms with Crippen LogP contribution in [0.2, 0.25) is 13.1 Å². The van der Waals surface area contributed by atoms with E-state index in [-0.39, 0.29) is 24.4 Å². The minimum atomic E-state index is -1.69. The molecule has 0 bridgehead atoms. The van der Waals surface area contributed by atoms with E-state index in [0.717, 1.165) is 0 Å². The van der Waals surface area contributed by atoms with Gasteiger partial charge in [0.15, 0.2) is 9.04 Å². The molecular formula is C15H27NO5Si. The van der Waals surface area contributed by atoms with Crippen LogP contribution in [0.3, 0.4) is 0 Å². The summed E-state index contributed by atoms with van der Waals surface area (Å²) in [4.78, 5) is 25.5. The number of likely N-dealkylation sites (tertiary alicyclic amines) is 1. The topological polar surface area (TPSA) is 76.1 Å². The quantitative estimate of drug-likeness (QED) is 0.619. The first-order valence-electron chi connectivity index (χ1n) is 7.51. The van der Waals surface area contributed by atoms with Crippen molar-refractivity contribution in [2.75, 3.05) is 13.2 Å². The van der Waals surface area contributed by atoms with Crippen LogP contribution < -0.4 is 0 Å². The summed E-state index contributed by atoms with van der Waals surface area (Å²) in [6.07, 6.45) is 1.07. The first-order valence-corrected chi connectivity index (χ1v) is 10.3. The molecule has 126 valence electrons. The Hall–Kier alpha value is -1.34. The van der Waals surface area contributed by atoms with Crippen LogP contribution in [0.25, 0.3) is 0 Å². The Balaban J connectivity index is 3.17. The van der Waals surface area contributed by atoms with Gasteiger partial charge in [-0.15, -0.1) is 0 Å². The van der Waals surface area contributed by atoms with Gasteiger partial charge in [-0.05, 0) is 24.4 Å². The molecule has 0 aromatic carbocycles. The lowest BCUT2D eigenvalue weighted by molar-refractivity contribution is -0.169. The molecule has 6 nitrogen and oxygen atoms in total. The van der Waals surface area contributed by atoms with E-state index in [4.69, 9.17) is 9.16 Å². The summed E-state index contributed by atoms with van der Waals surface area (Å²) in [5, 5.41) is 9.77. The van der Waals surface area contributed by atoms with Crippen LogP contribution in [0, 0.1) is 11.3 Å². The van der Waals surface area contributed by atoms with Crippen molar-refractivity contribution < 1.29 is 23.9 Å². The Bertz CT molecular complexity index is 446. The van der Waals surface area contributed by atoms with Crippen LogP contribution in [0.1, 0.15) is 27.2 Å². The average Bonchev–Trinajstić information content (AvgIpc) is 2.76. The Morgan fingerprint density at radius 2 is 2.05 bits per heavy atom. The molecule has 1 aliphatic rings. The summed E-state index contributed by atoms with van der Waals surface area (Å²) in [6, 6.07) is 0. The SMILES string of the molecule is C=CCOC(=O)N1C[C@@H](C(C)(C)C)C[C@]1(O[SiH](C)C)C(=O)O. The highest BCUT2D eigenvalue weighted by Crippen LogP contribution is 2.43. The second-order valence-corrected chi connectivity index (χ2v) is 9.33. The van der Waals surface area contributed by atoms with Gasteiger partial charge >= 0.3 is 12.1 Å². The molecule has 0 unspecified atom stereocenters. The molecule has 1 N–H and O–H groups in total. The van der Waals surface area contributed by atoms with Crippen LogP contribution in [0.5, 0.6) is 0 Å². The van der Waals surface area contributed by atoms with E-state index in [0.29, 0.717) is 6.54 Å². The number of hydrogen-bond acceptors (Lipinski definition) is 4. The Morgan fingerprint density at radius 3 is 2.45 bits per heavy atom. The van der Waals surface area contributed by atoms with Gasteiger partial charge in [0.25, 0.3) is 0 Å². The summed E-state index contributed by atoms with van der Waals surface area (Å²) in [6.45, 7) is 13.7. The molecule has 0 aliphatic carbocycles. The van der Waals surface area contributed by atoms with Crippen molar-refractivity contribution in [3.63, 3.8) is 0 Å². The Kier molecular flexibility index (Phi) is 5.80. The number of carbonyl (C=O) groups is 2. The zero-order chi connectivity index (χ0) is 17.1. The molecule has 0 spiro atoms. The first kappa shape index (κ1) is 18.7. The normalized spacial score (nSPS) is 25.4. The van der Waals surface area contributed by atoms with Crippen LogP contribution >= 0.6 is 0 Å². The second-order valence-electron chi connectivity index (χ2n) is 7.00. The number of carbonyl (C=O) groups excluding carboxylic acids is 1. The van der Waals surface area contributed by atoms with Gasteiger partial charge in [-0.2, -0.15) is 0 Å². The number of carboxylic acid groups (broad SMARTS) is 1. The Morgan fingerprint density at radius 1 is 1.45 bits per heavy atom. The average molecular weight is 329 g/mol. The van der Waals surface area contributed by atoms with Gasteiger partial charge in [0, 0.05) is 13.0 Å². The van der Waals surface area contributed by atoms with Gasteiger partial charge < -0.3 is 14.3 Å². The largest absolute Gasteiger partial charge is 0.478 e. The maximum Gasteiger partial charge on any atom is 0.412 e. The van der Waals surface area contributed by atoms with Crippen molar-refractivity contribution >= 4 is 21.1 Å². The molecule has 0 aromatic rings. The number of ether oxygens (including phenoxy) is 1. The molecule has 0 saturated carbocycles. The van der Waals surface area contributed by atoms with Crippen molar-refractivity contribution in [2.24, 2.45) is 11.3 Å². The number of nitrogens with zero attached hydrogens (tertiary/aromatic N) is 1. The summed E-state index contributed by atoms with van der Waals surface area (Å²) in [5.74, 6) is -1.11. The van der Waals surface area contributed by atoms with Crippen LogP contribution in [-0.2, 0) is 14.0 Å². The zero-order valence-corrected chi connectivity index (χ0v) is 15.2. The van der Waals surface area contributed by atoms with Crippen molar-refractivity contribution in [1.82, 2.24) is 4.90 Å². The smallest absolute Gasteiger partial charge is 0.412 e. The number of amides is 1. The summed E-state index contributed by atoms with van der Waals surface area (Å²) in [7, 11) is -1.69. The summed E-state index contributed by atoms with van der Waals surface area (Å²) in [5.41, 5.74) is -1.74. The third-order valence-electron chi connectivity index (χ3n) is 3.90. The highest BCUT2D eigenvalue weighted by atomic mass is 28.3. The van der Waals surface area contributed by atoms with Crippen LogP contribution in [0.15, 0.2) is 12.7 Å².